The van der Waals surface area contributed by atoms with E-state index in [1.807, 2.05) is 0 Å². The molecule has 0 spiro atoms. The Balaban J connectivity index is 0.000000810. The number of nitrogens with zero attached hydrogens (tertiary/aromatic N) is 1. The molecule has 3 heteroatoms. The van der Waals surface area contributed by atoms with Crippen LogP contribution in [-0.2, 0) is 7.05 Å². The van der Waals surface area contributed by atoms with Gasteiger partial charge in [0, 0.05) is 20.8 Å². The van der Waals surface area contributed by atoms with Crippen molar-refractivity contribution in [2.75, 3.05) is 0 Å². The van der Waals surface area contributed by atoms with E-state index >= 15 is 0 Å². The lowest BCUT2D eigenvalue weighted by Crippen LogP contribution is -3.00. The highest BCUT2D eigenvalue weighted by molar-refractivity contribution is 5.01. The number of rotatable bonds is 0. The fourth-order valence-electron chi connectivity index (χ4n) is 0.949. The lowest BCUT2D eigenvalue weighted by Gasteiger charge is -1.85. The molecular formula is C7H13BrN2. The van der Waals surface area contributed by atoms with Crippen LogP contribution in [0, 0.1) is 20.8 Å². The second kappa shape index (κ2) is 3.19. The third kappa shape index (κ3) is 1.40. The van der Waals surface area contributed by atoms with Crippen molar-refractivity contribution >= 4 is 0 Å². The monoisotopic (exact) mass is 204 g/mol. The summed E-state index contributed by atoms with van der Waals surface area (Å²) in [6.45, 7) is 6.27. The largest absolute Gasteiger partial charge is 1.00 e. The maximum absolute atomic E-state index is 3.24. The van der Waals surface area contributed by atoms with Gasteiger partial charge in [-0.1, -0.05) is 0 Å². The standard InChI is InChI=1S/C7H12N2.BrH/c1-5-6(2)9(4)7(3)8-5;/h1-4H3;1H. The molecule has 0 aliphatic carbocycles. The van der Waals surface area contributed by atoms with Crippen molar-refractivity contribution < 1.29 is 21.5 Å². The first kappa shape index (κ1) is 9.69. The number of aromatic nitrogens is 2. The summed E-state index contributed by atoms with van der Waals surface area (Å²) in [6, 6.07) is 0. The summed E-state index contributed by atoms with van der Waals surface area (Å²) < 4.78 is 2.15. The van der Waals surface area contributed by atoms with Crippen molar-refractivity contribution in [1.82, 2.24) is 4.98 Å². The number of imidazole rings is 1. The summed E-state index contributed by atoms with van der Waals surface area (Å²) in [5, 5.41) is 0. The van der Waals surface area contributed by atoms with E-state index in [1.165, 1.54) is 17.2 Å². The highest BCUT2D eigenvalue weighted by Crippen LogP contribution is 1.97. The highest BCUT2D eigenvalue weighted by atomic mass is 79.9. The molecule has 1 heterocycles. The van der Waals surface area contributed by atoms with E-state index in [0.29, 0.717) is 0 Å². The Bertz CT molecular complexity index is 205. The molecule has 0 aliphatic rings. The molecule has 10 heavy (non-hydrogen) atoms. The highest BCUT2D eigenvalue weighted by Gasteiger charge is 2.09. The van der Waals surface area contributed by atoms with Crippen molar-refractivity contribution in [3.05, 3.63) is 17.2 Å². The number of aryl methyl sites for hydroxylation is 2. The van der Waals surface area contributed by atoms with E-state index in [4.69, 9.17) is 0 Å². The first-order valence-electron chi connectivity index (χ1n) is 3.14. The Labute approximate surface area is 72.0 Å². The van der Waals surface area contributed by atoms with Gasteiger partial charge in [0.05, 0.1) is 7.05 Å². The topological polar surface area (TPSA) is 19.7 Å². The van der Waals surface area contributed by atoms with Gasteiger partial charge in [0.2, 0.25) is 0 Å². The van der Waals surface area contributed by atoms with Gasteiger partial charge in [-0.3, -0.25) is 0 Å². The van der Waals surface area contributed by atoms with Crippen molar-refractivity contribution in [2.24, 2.45) is 7.05 Å². The predicted molar refractivity (Wildman–Crippen MR) is 36.2 cm³/mol. The van der Waals surface area contributed by atoms with E-state index in [0.717, 1.165) is 0 Å². The number of hydrogen-bond acceptors (Lipinski definition) is 0. The minimum absolute atomic E-state index is 0. The third-order valence-electron chi connectivity index (χ3n) is 1.92. The minimum Gasteiger partial charge on any atom is -1.00 e. The number of hydrogen-bond donors (Lipinski definition) is 1. The quantitative estimate of drug-likeness (QED) is 0.462. The summed E-state index contributed by atoms with van der Waals surface area (Å²) in [7, 11) is 2.06. The summed E-state index contributed by atoms with van der Waals surface area (Å²) in [4.78, 5) is 3.24. The minimum atomic E-state index is 0. The summed E-state index contributed by atoms with van der Waals surface area (Å²) in [5.74, 6) is 1.21. The average molecular weight is 205 g/mol. The average Bonchev–Trinajstić information content (AvgIpc) is 1.98. The Morgan fingerprint density at radius 1 is 1.20 bits per heavy atom. The number of H-pyrrole nitrogens is 1. The second-order valence-corrected chi connectivity index (χ2v) is 2.48. The Morgan fingerprint density at radius 3 is 1.80 bits per heavy atom. The molecule has 2 nitrogen and oxygen atoms in total. The van der Waals surface area contributed by atoms with E-state index in [1.54, 1.807) is 0 Å². The van der Waals surface area contributed by atoms with Crippen LogP contribution in [0.3, 0.4) is 0 Å². The Kier molecular flexibility index (Phi) is 3.09. The molecule has 1 aromatic rings. The van der Waals surface area contributed by atoms with Crippen molar-refractivity contribution in [1.29, 1.82) is 0 Å². The fourth-order valence-corrected chi connectivity index (χ4v) is 0.949. The van der Waals surface area contributed by atoms with Gasteiger partial charge >= 0.3 is 0 Å². The lowest BCUT2D eigenvalue weighted by molar-refractivity contribution is -0.682. The maximum atomic E-state index is 3.24. The van der Waals surface area contributed by atoms with Crippen LogP contribution >= 0.6 is 0 Å². The van der Waals surface area contributed by atoms with Crippen molar-refractivity contribution in [2.45, 2.75) is 20.8 Å². The Hall–Kier alpha value is -0.310. The van der Waals surface area contributed by atoms with Gasteiger partial charge in [-0.25, -0.2) is 9.55 Å². The van der Waals surface area contributed by atoms with Gasteiger partial charge in [0.25, 0.3) is 5.82 Å². The summed E-state index contributed by atoms with van der Waals surface area (Å²) >= 11 is 0. The number of halogens is 1. The van der Waals surface area contributed by atoms with Crippen LogP contribution in [0.5, 0.6) is 0 Å². The molecule has 1 rings (SSSR count). The van der Waals surface area contributed by atoms with Crippen LogP contribution in [0.2, 0.25) is 0 Å². The van der Waals surface area contributed by atoms with Gasteiger partial charge in [0.15, 0.2) is 0 Å². The first-order valence-corrected chi connectivity index (χ1v) is 3.14. The fraction of sp³-hybridized carbons (Fsp3) is 0.571. The van der Waals surface area contributed by atoms with Crippen molar-refractivity contribution in [3.63, 3.8) is 0 Å². The molecule has 0 atom stereocenters. The normalized spacial score (nSPS) is 9.20. The van der Waals surface area contributed by atoms with E-state index in [2.05, 4.69) is 37.4 Å². The van der Waals surface area contributed by atoms with Gasteiger partial charge in [-0.05, 0) is 0 Å². The molecular weight excluding hydrogens is 192 g/mol. The molecule has 1 N–H and O–H groups in total. The Morgan fingerprint density at radius 2 is 1.70 bits per heavy atom. The SMILES string of the molecule is Cc1[nH]c(C)[n+](C)c1C.[Br-]. The maximum Gasteiger partial charge on any atom is 0.251 e. The van der Waals surface area contributed by atoms with Crippen LogP contribution < -0.4 is 21.5 Å². The molecule has 0 bridgehead atoms. The zero-order chi connectivity index (χ0) is 7.02. The lowest BCUT2D eigenvalue weighted by atomic mass is 10.4. The van der Waals surface area contributed by atoms with Gasteiger partial charge in [-0.15, -0.1) is 0 Å². The van der Waals surface area contributed by atoms with Crippen LogP contribution in [0.1, 0.15) is 17.2 Å². The zero-order valence-corrected chi connectivity index (χ0v) is 8.41. The molecule has 0 aliphatic heterocycles. The molecule has 0 amide bonds. The van der Waals surface area contributed by atoms with E-state index in [-0.39, 0.29) is 17.0 Å². The molecule has 0 saturated heterocycles. The predicted octanol–water partition coefficient (Wildman–Crippen LogP) is -2.23. The zero-order valence-electron chi connectivity index (χ0n) is 6.83. The molecule has 0 aromatic carbocycles. The molecule has 0 unspecified atom stereocenters. The van der Waals surface area contributed by atoms with Crippen LogP contribution in [-0.4, -0.2) is 4.98 Å². The first-order chi connectivity index (χ1) is 4.13. The smallest absolute Gasteiger partial charge is 0.251 e. The van der Waals surface area contributed by atoms with E-state index < -0.39 is 0 Å². The van der Waals surface area contributed by atoms with Crippen LogP contribution in [0.15, 0.2) is 0 Å². The molecule has 0 saturated carbocycles. The van der Waals surface area contributed by atoms with Crippen molar-refractivity contribution in [3.8, 4) is 0 Å². The molecule has 1 aromatic heterocycles. The molecule has 0 radical (unpaired) electrons. The van der Waals surface area contributed by atoms with Crippen LogP contribution in [0.25, 0.3) is 0 Å². The van der Waals surface area contributed by atoms with Crippen LogP contribution in [0.4, 0.5) is 0 Å². The summed E-state index contributed by atoms with van der Waals surface area (Å²) in [6.07, 6.45) is 0. The summed E-state index contributed by atoms with van der Waals surface area (Å²) in [5.41, 5.74) is 2.57. The van der Waals surface area contributed by atoms with Gasteiger partial charge in [-0.2, -0.15) is 0 Å². The van der Waals surface area contributed by atoms with E-state index in [9.17, 15) is 0 Å². The second-order valence-electron chi connectivity index (χ2n) is 2.48. The van der Waals surface area contributed by atoms with Gasteiger partial charge in [0.1, 0.15) is 11.4 Å². The number of nitrogens with one attached hydrogen (secondary N) is 1. The molecule has 0 fully saturated rings. The third-order valence-corrected chi connectivity index (χ3v) is 1.92. The number of aromatic amines is 1. The van der Waals surface area contributed by atoms with Gasteiger partial charge < -0.3 is 17.0 Å². The molecule has 58 valence electrons.